The van der Waals surface area contributed by atoms with Crippen LogP contribution in [0.5, 0.6) is 5.75 Å². The third-order valence-electron chi connectivity index (χ3n) is 4.64. The number of carbonyl (C=O) groups is 2. The number of furan rings is 1. The summed E-state index contributed by atoms with van der Waals surface area (Å²) >= 11 is 6.18. The molecule has 8 heteroatoms. The molecule has 1 aromatic heterocycles. The molecule has 0 bridgehead atoms. The second kappa shape index (κ2) is 9.53. The molecule has 0 aliphatic heterocycles. The molecule has 0 radical (unpaired) electrons. The molecule has 0 spiro atoms. The highest BCUT2D eigenvalue weighted by Crippen LogP contribution is 2.28. The van der Waals surface area contributed by atoms with Crippen molar-refractivity contribution in [1.29, 1.82) is 0 Å². The Morgan fingerprint density at radius 2 is 1.94 bits per heavy atom. The molecule has 1 amide bonds. The fourth-order valence-corrected chi connectivity index (χ4v) is 3.42. The van der Waals surface area contributed by atoms with Gasteiger partial charge in [0, 0.05) is 5.39 Å². The summed E-state index contributed by atoms with van der Waals surface area (Å²) in [6, 6.07) is 18.3. The molecule has 0 saturated heterocycles. The average Bonchev–Trinajstić information content (AvgIpc) is 3.24. The van der Waals surface area contributed by atoms with E-state index in [4.69, 9.17) is 25.5 Å². The van der Waals surface area contributed by atoms with E-state index in [2.05, 4.69) is 10.5 Å². The number of benzene rings is 3. The number of hydrogen-bond acceptors (Lipinski definition) is 6. The fourth-order valence-electron chi connectivity index (χ4n) is 3.18. The van der Waals surface area contributed by atoms with Crippen LogP contribution in [0.25, 0.3) is 21.7 Å². The monoisotopic (exact) mass is 450 g/mol. The Labute approximate surface area is 188 Å². The standard InChI is InChI=1S/C24H19ClN2O5/c1-2-30-23(28)14-31-21-9-7-15(11-19(21)25)13-26-27-24(29)22-12-18-17-6-4-3-5-16(17)8-10-20(18)32-22/h3-13H,2,14H2,1H3,(H,27,29)/b26-13+. The quantitative estimate of drug-likeness (QED) is 0.244. The molecule has 3 aromatic carbocycles. The van der Waals surface area contributed by atoms with Gasteiger partial charge in [0.2, 0.25) is 0 Å². The van der Waals surface area contributed by atoms with Gasteiger partial charge in [-0.2, -0.15) is 5.10 Å². The van der Waals surface area contributed by atoms with Crippen LogP contribution in [-0.2, 0) is 9.53 Å². The number of amides is 1. The lowest BCUT2D eigenvalue weighted by Crippen LogP contribution is -2.16. The lowest BCUT2D eigenvalue weighted by atomic mass is 10.1. The summed E-state index contributed by atoms with van der Waals surface area (Å²) in [4.78, 5) is 23.8. The number of fused-ring (bicyclic) bond motifs is 3. The maximum absolute atomic E-state index is 12.5. The molecule has 162 valence electrons. The maximum Gasteiger partial charge on any atom is 0.344 e. The number of rotatable bonds is 7. The van der Waals surface area contributed by atoms with E-state index in [0.29, 0.717) is 21.9 Å². The van der Waals surface area contributed by atoms with Crippen LogP contribution in [0, 0.1) is 0 Å². The van der Waals surface area contributed by atoms with Crippen molar-refractivity contribution in [2.75, 3.05) is 13.2 Å². The first-order chi connectivity index (χ1) is 15.5. The SMILES string of the molecule is CCOC(=O)COc1ccc(/C=N/NC(=O)c2cc3c(ccc4ccccc43)o2)cc1Cl. The van der Waals surface area contributed by atoms with E-state index in [-0.39, 0.29) is 19.0 Å². The molecule has 1 N–H and O–H groups in total. The third-order valence-corrected chi connectivity index (χ3v) is 4.93. The normalized spacial score (nSPS) is 11.2. The van der Waals surface area contributed by atoms with Crippen molar-refractivity contribution >= 4 is 51.4 Å². The van der Waals surface area contributed by atoms with Crippen LogP contribution >= 0.6 is 11.6 Å². The Morgan fingerprint density at radius 3 is 2.75 bits per heavy atom. The summed E-state index contributed by atoms with van der Waals surface area (Å²) in [5, 5.41) is 7.20. The van der Waals surface area contributed by atoms with Gasteiger partial charge in [-0.3, -0.25) is 4.79 Å². The van der Waals surface area contributed by atoms with E-state index >= 15 is 0 Å². The minimum atomic E-state index is -0.476. The van der Waals surface area contributed by atoms with Crippen LogP contribution in [-0.4, -0.2) is 31.3 Å². The van der Waals surface area contributed by atoms with Gasteiger partial charge in [0.25, 0.3) is 0 Å². The second-order valence-corrected chi connectivity index (χ2v) is 7.20. The minimum Gasteiger partial charge on any atom is -0.480 e. The van der Waals surface area contributed by atoms with Crippen LogP contribution in [0.3, 0.4) is 0 Å². The summed E-state index contributed by atoms with van der Waals surface area (Å²) in [5.74, 6) is -0.442. The van der Waals surface area contributed by atoms with Gasteiger partial charge in [0.15, 0.2) is 12.4 Å². The molecule has 0 unspecified atom stereocenters. The second-order valence-electron chi connectivity index (χ2n) is 6.79. The molecule has 0 aliphatic carbocycles. The van der Waals surface area contributed by atoms with Crippen molar-refractivity contribution in [1.82, 2.24) is 5.43 Å². The number of nitrogens with zero attached hydrogens (tertiary/aromatic N) is 1. The van der Waals surface area contributed by atoms with Gasteiger partial charge >= 0.3 is 11.9 Å². The first kappa shape index (κ1) is 21.4. The minimum absolute atomic E-state index is 0.161. The van der Waals surface area contributed by atoms with Crippen molar-refractivity contribution in [2.45, 2.75) is 6.92 Å². The van der Waals surface area contributed by atoms with E-state index in [9.17, 15) is 9.59 Å². The first-order valence-electron chi connectivity index (χ1n) is 9.88. The Morgan fingerprint density at radius 1 is 1.09 bits per heavy atom. The summed E-state index contributed by atoms with van der Waals surface area (Å²) in [5.41, 5.74) is 3.71. The number of hydrazone groups is 1. The zero-order valence-corrected chi connectivity index (χ0v) is 17.9. The summed E-state index contributed by atoms with van der Waals surface area (Å²) in [6.07, 6.45) is 1.44. The van der Waals surface area contributed by atoms with Crippen molar-refractivity contribution < 1.29 is 23.5 Å². The van der Waals surface area contributed by atoms with E-state index in [1.54, 1.807) is 31.2 Å². The van der Waals surface area contributed by atoms with Crippen molar-refractivity contribution in [3.63, 3.8) is 0 Å². The van der Waals surface area contributed by atoms with Gasteiger partial charge in [0.05, 0.1) is 17.8 Å². The predicted octanol–water partition coefficient (Wildman–Crippen LogP) is 4.95. The number of esters is 1. The molecule has 0 saturated carbocycles. The van der Waals surface area contributed by atoms with Crippen molar-refractivity contribution in [3.05, 3.63) is 77.0 Å². The van der Waals surface area contributed by atoms with Gasteiger partial charge < -0.3 is 13.9 Å². The zero-order valence-electron chi connectivity index (χ0n) is 17.1. The Kier molecular flexibility index (Phi) is 6.37. The van der Waals surface area contributed by atoms with Crippen molar-refractivity contribution in [2.24, 2.45) is 5.10 Å². The van der Waals surface area contributed by atoms with Gasteiger partial charge in [-0.15, -0.1) is 0 Å². The number of nitrogens with one attached hydrogen (secondary N) is 1. The van der Waals surface area contributed by atoms with Crippen molar-refractivity contribution in [3.8, 4) is 5.75 Å². The first-order valence-corrected chi connectivity index (χ1v) is 10.3. The molecular formula is C24H19ClN2O5. The molecule has 4 rings (SSSR count). The van der Waals surface area contributed by atoms with Crippen LogP contribution in [0.2, 0.25) is 5.02 Å². The van der Waals surface area contributed by atoms with E-state index in [0.717, 1.165) is 16.2 Å². The molecular weight excluding hydrogens is 432 g/mol. The topological polar surface area (TPSA) is 90.1 Å². The number of halogens is 1. The van der Waals surface area contributed by atoms with E-state index in [1.807, 2.05) is 36.4 Å². The summed E-state index contributed by atoms with van der Waals surface area (Å²) < 4.78 is 15.8. The van der Waals surface area contributed by atoms with Crippen LogP contribution < -0.4 is 10.2 Å². The summed E-state index contributed by atoms with van der Waals surface area (Å²) in [6.45, 7) is 1.76. The lowest BCUT2D eigenvalue weighted by Gasteiger charge is -2.07. The number of carbonyl (C=O) groups excluding carboxylic acids is 2. The Balaban J connectivity index is 1.41. The van der Waals surface area contributed by atoms with Crippen LogP contribution in [0.1, 0.15) is 23.0 Å². The van der Waals surface area contributed by atoms with Crippen LogP contribution in [0.4, 0.5) is 0 Å². The number of hydrogen-bond donors (Lipinski definition) is 1. The zero-order chi connectivity index (χ0) is 22.5. The van der Waals surface area contributed by atoms with E-state index < -0.39 is 11.9 Å². The Bertz CT molecular complexity index is 1330. The molecule has 32 heavy (non-hydrogen) atoms. The highest BCUT2D eigenvalue weighted by Gasteiger charge is 2.13. The van der Waals surface area contributed by atoms with Gasteiger partial charge in [-0.1, -0.05) is 41.9 Å². The fraction of sp³-hybridized carbons (Fsp3) is 0.125. The Hall–Kier alpha value is -3.84. The van der Waals surface area contributed by atoms with Gasteiger partial charge in [0.1, 0.15) is 11.3 Å². The maximum atomic E-state index is 12.5. The average molecular weight is 451 g/mol. The molecule has 0 fully saturated rings. The molecule has 4 aromatic rings. The van der Waals surface area contributed by atoms with Gasteiger partial charge in [-0.25, -0.2) is 10.2 Å². The molecule has 7 nitrogen and oxygen atoms in total. The lowest BCUT2D eigenvalue weighted by molar-refractivity contribution is -0.145. The smallest absolute Gasteiger partial charge is 0.344 e. The summed E-state index contributed by atoms with van der Waals surface area (Å²) in [7, 11) is 0. The largest absolute Gasteiger partial charge is 0.480 e. The molecule has 0 aliphatic rings. The predicted molar refractivity (Wildman–Crippen MR) is 122 cm³/mol. The highest BCUT2D eigenvalue weighted by atomic mass is 35.5. The molecule has 1 heterocycles. The van der Waals surface area contributed by atoms with E-state index in [1.165, 1.54) is 6.21 Å². The van der Waals surface area contributed by atoms with Crippen LogP contribution in [0.15, 0.2) is 70.2 Å². The third kappa shape index (κ3) is 4.73. The number of ether oxygens (including phenoxy) is 2. The van der Waals surface area contributed by atoms with Gasteiger partial charge in [-0.05, 0) is 53.6 Å². The highest BCUT2D eigenvalue weighted by molar-refractivity contribution is 6.32. The molecule has 0 atom stereocenters.